The molecule has 0 heterocycles. The quantitative estimate of drug-likeness (QED) is 0.493. The Hall–Kier alpha value is -2.04. The number of aromatic carboxylic acids is 1. The zero-order valence-electron chi connectivity index (χ0n) is 10.3. The van der Waals surface area contributed by atoms with E-state index in [1.807, 2.05) is 0 Å². The van der Waals surface area contributed by atoms with Gasteiger partial charge >= 0.3 is 5.97 Å². The third-order valence-corrected chi connectivity index (χ3v) is 3.97. The molecule has 10 heteroatoms. The standard InChI is InChI=1S/C10H12N2O7S/c1-6(5-13)11-20(18,19)9-3-2-7(12(16)17)4-8(9)10(14)15/h2-4,6,11,13H,5H2,1H3,(H,14,15)/t6-/m1/s1. The van der Waals surface area contributed by atoms with Gasteiger partial charge in [-0.3, -0.25) is 10.1 Å². The van der Waals surface area contributed by atoms with Gasteiger partial charge in [-0.2, -0.15) is 0 Å². The zero-order chi connectivity index (χ0) is 15.5. The van der Waals surface area contributed by atoms with Crippen molar-refractivity contribution in [1.29, 1.82) is 0 Å². The van der Waals surface area contributed by atoms with Crippen LogP contribution in [0.25, 0.3) is 0 Å². The van der Waals surface area contributed by atoms with E-state index in [0.717, 1.165) is 12.1 Å². The van der Waals surface area contributed by atoms with Gasteiger partial charge in [-0.25, -0.2) is 17.9 Å². The van der Waals surface area contributed by atoms with E-state index in [9.17, 15) is 23.3 Å². The van der Waals surface area contributed by atoms with E-state index in [1.165, 1.54) is 6.92 Å². The molecule has 0 bridgehead atoms. The Morgan fingerprint density at radius 1 is 1.50 bits per heavy atom. The van der Waals surface area contributed by atoms with E-state index in [4.69, 9.17) is 10.2 Å². The summed E-state index contributed by atoms with van der Waals surface area (Å²) in [5, 5.41) is 28.3. The topological polar surface area (TPSA) is 147 Å². The Bertz CT molecular complexity index is 641. The van der Waals surface area contributed by atoms with Gasteiger partial charge in [0.1, 0.15) is 0 Å². The highest BCUT2D eigenvalue weighted by Gasteiger charge is 2.26. The minimum Gasteiger partial charge on any atom is -0.478 e. The third-order valence-electron chi connectivity index (χ3n) is 2.32. The van der Waals surface area contributed by atoms with Crippen molar-refractivity contribution in [3.63, 3.8) is 0 Å². The normalized spacial score (nSPS) is 12.9. The first kappa shape index (κ1) is 16.0. The molecule has 0 amide bonds. The second-order valence-corrected chi connectivity index (χ2v) is 5.63. The van der Waals surface area contributed by atoms with Crippen molar-refractivity contribution in [3.05, 3.63) is 33.9 Å². The van der Waals surface area contributed by atoms with Crippen molar-refractivity contribution in [2.24, 2.45) is 0 Å². The Kier molecular flexibility index (Phi) is 4.76. The molecule has 0 spiro atoms. The molecule has 110 valence electrons. The van der Waals surface area contributed by atoms with E-state index in [0.29, 0.717) is 6.07 Å². The number of hydrogen-bond donors (Lipinski definition) is 3. The molecule has 0 fully saturated rings. The molecular formula is C10H12N2O7S. The summed E-state index contributed by atoms with van der Waals surface area (Å²) in [6.45, 7) is 0.901. The molecule has 9 nitrogen and oxygen atoms in total. The number of nitrogens with zero attached hydrogens (tertiary/aromatic N) is 1. The summed E-state index contributed by atoms with van der Waals surface area (Å²) in [5.74, 6) is -1.61. The van der Waals surface area contributed by atoms with Gasteiger partial charge in [0.05, 0.1) is 22.0 Å². The fraction of sp³-hybridized carbons (Fsp3) is 0.300. The lowest BCUT2D eigenvalue weighted by molar-refractivity contribution is -0.384. The van der Waals surface area contributed by atoms with Crippen LogP contribution in [0.1, 0.15) is 17.3 Å². The Morgan fingerprint density at radius 2 is 2.10 bits per heavy atom. The lowest BCUT2D eigenvalue weighted by Gasteiger charge is -2.13. The van der Waals surface area contributed by atoms with Crippen molar-refractivity contribution in [2.75, 3.05) is 6.61 Å². The van der Waals surface area contributed by atoms with Crippen LogP contribution in [0.15, 0.2) is 23.1 Å². The minimum absolute atomic E-state index is 0.478. The predicted molar refractivity (Wildman–Crippen MR) is 66.9 cm³/mol. The molecule has 1 atom stereocenters. The van der Waals surface area contributed by atoms with Crippen LogP contribution in [0.3, 0.4) is 0 Å². The highest BCUT2D eigenvalue weighted by Crippen LogP contribution is 2.22. The van der Waals surface area contributed by atoms with Gasteiger partial charge in [-0.05, 0) is 13.0 Å². The van der Waals surface area contributed by atoms with Crippen LogP contribution >= 0.6 is 0 Å². The number of sulfonamides is 1. The summed E-state index contributed by atoms with van der Waals surface area (Å²) in [6, 6.07) is 1.58. The number of carboxylic acids is 1. The highest BCUT2D eigenvalue weighted by atomic mass is 32.2. The fourth-order valence-corrected chi connectivity index (χ4v) is 2.81. The van der Waals surface area contributed by atoms with Crippen LogP contribution in [-0.2, 0) is 10.0 Å². The van der Waals surface area contributed by atoms with Crippen molar-refractivity contribution >= 4 is 21.7 Å². The van der Waals surface area contributed by atoms with E-state index in [2.05, 4.69) is 4.72 Å². The molecule has 0 aliphatic rings. The SMILES string of the molecule is C[C@H](CO)NS(=O)(=O)c1ccc([N+](=O)[O-])cc1C(=O)O. The number of nitro benzene ring substituents is 1. The van der Waals surface area contributed by atoms with Gasteiger partial charge in [0.15, 0.2) is 0 Å². The Labute approximate surface area is 114 Å². The molecule has 3 N–H and O–H groups in total. The van der Waals surface area contributed by atoms with Crippen molar-refractivity contribution in [3.8, 4) is 0 Å². The molecule has 0 aliphatic carbocycles. The minimum atomic E-state index is -4.20. The van der Waals surface area contributed by atoms with Crippen LogP contribution in [0.5, 0.6) is 0 Å². The summed E-state index contributed by atoms with van der Waals surface area (Å²) in [7, 11) is -4.20. The van der Waals surface area contributed by atoms with Crippen molar-refractivity contribution in [1.82, 2.24) is 4.72 Å². The number of aliphatic hydroxyl groups is 1. The molecule has 20 heavy (non-hydrogen) atoms. The molecule has 0 aromatic heterocycles. The number of carbonyl (C=O) groups is 1. The number of hydrogen-bond acceptors (Lipinski definition) is 6. The van der Waals surface area contributed by atoms with Crippen LogP contribution < -0.4 is 4.72 Å². The molecule has 1 aromatic carbocycles. The average Bonchev–Trinajstić information content (AvgIpc) is 2.37. The largest absolute Gasteiger partial charge is 0.478 e. The number of carboxylic acid groups (broad SMARTS) is 1. The lowest BCUT2D eigenvalue weighted by Crippen LogP contribution is -2.35. The maximum atomic E-state index is 12.0. The summed E-state index contributed by atoms with van der Waals surface area (Å²) in [4.78, 5) is 20.2. The van der Waals surface area contributed by atoms with Gasteiger partial charge in [-0.15, -0.1) is 0 Å². The van der Waals surface area contributed by atoms with E-state index in [1.54, 1.807) is 0 Å². The monoisotopic (exact) mass is 304 g/mol. The Morgan fingerprint density at radius 3 is 2.55 bits per heavy atom. The molecule has 1 rings (SSSR count). The second-order valence-electron chi connectivity index (χ2n) is 3.95. The molecule has 0 radical (unpaired) electrons. The second kappa shape index (κ2) is 5.94. The molecule has 0 saturated heterocycles. The number of non-ortho nitro benzene ring substituents is 1. The number of nitro groups is 1. The van der Waals surface area contributed by atoms with Crippen LogP contribution in [0.2, 0.25) is 0 Å². The fourth-order valence-electron chi connectivity index (χ4n) is 1.40. The van der Waals surface area contributed by atoms with Crippen LogP contribution in [-0.4, -0.2) is 42.2 Å². The van der Waals surface area contributed by atoms with Crippen LogP contribution in [0.4, 0.5) is 5.69 Å². The summed E-state index contributed by atoms with van der Waals surface area (Å²) < 4.78 is 26.0. The van der Waals surface area contributed by atoms with Gasteiger partial charge in [0.25, 0.3) is 5.69 Å². The molecule has 0 saturated carbocycles. The third kappa shape index (κ3) is 3.50. The van der Waals surface area contributed by atoms with Gasteiger partial charge < -0.3 is 10.2 Å². The number of aliphatic hydroxyl groups excluding tert-OH is 1. The van der Waals surface area contributed by atoms with Crippen LogP contribution in [0, 0.1) is 10.1 Å². The highest BCUT2D eigenvalue weighted by molar-refractivity contribution is 7.89. The summed E-state index contributed by atoms with van der Waals surface area (Å²) in [5.41, 5.74) is -1.24. The van der Waals surface area contributed by atoms with E-state index < -0.39 is 49.7 Å². The van der Waals surface area contributed by atoms with Gasteiger partial charge in [-0.1, -0.05) is 0 Å². The first-order chi connectivity index (χ1) is 9.19. The molecular weight excluding hydrogens is 292 g/mol. The maximum absolute atomic E-state index is 12.0. The first-order valence-electron chi connectivity index (χ1n) is 5.34. The molecule has 0 aliphatic heterocycles. The van der Waals surface area contributed by atoms with E-state index in [-0.39, 0.29) is 0 Å². The van der Waals surface area contributed by atoms with Gasteiger partial charge in [0, 0.05) is 18.2 Å². The Balaban J connectivity index is 3.38. The van der Waals surface area contributed by atoms with E-state index >= 15 is 0 Å². The van der Waals surface area contributed by atoms with Crippen molar-refractivity contribution in [2.45, 2.75) is 17.9 Å². The van der Waals surface area contributed by atoms with Gasteiger partial charge in [0.2, 0.25) is 10.0 Å². The average molecular weight is 304 g/mol. The zero-order valence-corrected chi connectivity index (χ0v) is 11.1. The lowest BCUT2D eigenvalue weighted by atomic mass is 10.2. The first-order valence-corrected chi connectivity index (χ1v) is 6.82. The molecule has 1 aromatic rings. The predicted octanol–water partition coefficient (Wildman–Crippen LogP) is -0.0479. The number of benzene rings is 1. The summed E-state index contributed by atoms with van der Waals surface area (Å²) >= 11 is 0. The number of rotatable bonds is 6. The maximum Gasteiger partial charge on any atom is 0.337 e. The molecule has 0 unspecified atom stereocenters. The smallest absolute Gasteiger partial charge is 0.337 e. The van der Waals surface area contributed by atoms with Crippen molar-refractivity contribution < 1.29 is 28.3 Å². The summed E-state index contributed by atoms with van der Waals surface area (Å²) in [6.07, 6.45) is 0. The number of nitrogens with one attached hydrogen (secondary N) is 1.